The summed E-state index contributed by atoms with van der Waals surface area (Å²) in [6.07, 6.45) is -3.84. The molecule has 0 aromatic heterocycles. The summed E-state index contributed by atoms with van der Waals surface area (Å²) in [6, 6.07) is 3.36. The topological polar surface area (TPSA) is 49.8 Å². The standard InChI is InChI=1S/C14H16F3NO3/c1-21-8-9-4-5-18(7-9)10-2-3-11(13(19)20)12(6-10)14(15,16)17/h2-3,6,9H,4-5,7-8H2,1H3,(H,19,20). The van der Waals surface area contributed by atoms with E-state index in [0.717, 1.165) is 18.6 Å². The second-order valence-corrected chi connectivity index (χ2v) is 5.09. The first-order chi connectivity index (χ1) is 9.82. The second-order valence-electron chi connectivity index (χ2n) is 5.09. The first kappa shape index (κ1) is 15.6. The van der Waals surface area contributed by atoms with Crippen LogP contribution in [-0.2, 0) is 10.9 Å². The molecule has 116 valence electrons. The molecule has 0 spiro atoms. The van der Waals surface area contributed by atoms with Gasteiger partial charge in [-0.2, -0.15) is 13.2 Å². The van der Waals surface area contributed by atoms with E-state index in [1.54, 1.807) is 7.11 Å². The molecule has 0 aliphatic carbocycles. The average molecular weight is 303 g/mol. The van der Waals surface area contributed by atoms with Gasteiger partial charge in [0.05, 0.1) is 17.7 Å². The number of benzene rings is 1. The van der Waals surface area contributed by atoms with Crippen molar-refractivity contribution in [3.63, 3.8) is 0 Å². The fourth-order valence-electron chi connectivity index (χ4n) is 2.59. The van der Waals surface area contributed by atoms with Gasteiger partial charge in [0.25, 0.3) is 0 Å². The normalized spacial score (nSPS) is 19.0. The summed E-state index contributed by atoms with van der Waals surface area (Å²) >= 11 is 0. The molecule has 7 heteroatoms. The minimum absolute atomic E-state index is 0.281. The van der Waals surface area contributed by atoms with Gasteiger partial charge in [-0.05, 0) is 24.6 Å². The van der Waals surface area contributed by atoms with Gasteiger partial charge in [0.15, 0.2) is 0 Å². The van der Waals surface area contributed by atoms with Gasteiger partial charge in [0.1, 0.15) is 0 Å². The third-order valence-electron chi connectivity index (χ3n) is 3.59. The number of methoxy groups -OCH3 is 1. The van der Waals surface area contributed by atoms with Gasteiger partial charge in [-0.3, -0.25) is 0 Å². The van der Waals surface area contributed by atoms with E-state index < -0.39 is 23.3 Å². The Bertz CT molecular complexity index is 531. The average Bonchev–Trinajstić information content (AvgIpc) is 2.86. The Morgan fingerprint density at radius 3 is 2.76 bits per heavy atom. The number of anilines is 1. The van der Waals surface area contributed by atoms with E-state index in [4.69, 9.17) is 9.84 Å². The third kappa shape index (κ3) is 3.47. The third-order valence-corrected chi connectivity index (χ3v) is 3.59. The lowest BCUT2D eigenvalue weighted by molar-refractivity contribution is -0.138. The molecule has 1 N–H and O–H groups in total. The predicted molar refractivity (Wildman–Crippen MR) is 70.6 cm³/mol. The van der Waals surface area contributed by atoms with Crippen LogP contribution in [0.4, 0.5) is 18.9 Å². The zero-order chi connectivity index (χ0) is 15.6. The highest BCUT2D eigenvalue weighted by atomic mass is 19.4. The van der Waals surface area contributed by atoms with Crippen molar-refractivity contribution in [1.29, 1.82) is 0 Å². The molecule has 21 heavy (non-hydrogen) atoms. The number of carbonyl (C=O) groups is 1. The lowest BCUT2D eigenvalue weighted by atomic mass is 10.1. The zero-order valence-electron chi connectivity index (χ0n) is 11.5. The molecular formula is C14H16F3NO3. The maximum Gasteiger partial charge on any atom is 0.417 e. The van der Waals surface area contributed by atoms with E-state index in [1.807, 2.05) is 4.90 Å². The number of hydrogen-bond donors (Lipinski definition) is 1. The molecule has 1 aromatic carbocycles. The van der Waals surface area contributed by atoms with Crippen LogP contribution in [0.1, 0.15) is 22.3 Å². The highest BCUT2D eigenvalue weighted by molar-refractivity contribution is 5.90. The van der Waals surface area contributed by atoms with Crippen molar-refractivity contribution in [3.8, 4) is 0 Å². The molecule has 0 radical (unpaired) electrons. The summed E-state index contributed by atoms with van der Waals surface area (Å²) in [7, 11) is 1.59. The van der Waals surface area contributed by atoms with E-state index >= 15 is 0 Å². The monoisotopic (exact) mass is 303 g/mol. The number of carboxylic acids is 1. The fourth-order valence-corrected chi connectivity index (χ4v) is 2.59. The first-order valence-corrected chi connectivity index (χ1v) is 6.51. The van der Waals surface area contributed by atoms with E-state index in [-0.39, 0.29) is 5.92 Å². The molecular weight excluding hydrogens is 287 g/mol. The van der Waals surface area contributed by atoms with Crippen molar-refractivity contribution in [1.82, 2.24) is 0 Å². The van der Waals surface area contributed by atoms with Crippen molar-refractivity contribution >= 4 is 11.7 Å². The van der Waals surface area contributed by atoms with Gasteiger partial charge in [0, 0.05) is 31.8 Å². The fraction of sp³-hybridized carbons (Fsp3) is 0.500. The number of carboxylic acid groups (broad SMARTS) is 1. The molecule has 1 unspecified atom stereocenters. The van der Waals surface area contributed by atoms with Crippen LogP contribution in [-0.4, -0.2) is 37.9 Å². The van der Waals surface area contributed by atoms with Crippen LogP contribution in [0.5, 0.6) is 0 Å². The van der Waals surface area contributed by atoms with Crippen molar-refractivity contribution < 1.29 is 27.8 Å². The molecule has 4 nitrogen and oxygen atoms in total. The molecule has 1 aromatic rings. The Balaban J connectivity index is 2.29. The van der Waals surface area contributed by atoms with Gasteiger partial charge in [-0.25, -0.2) is 4.79 Å². The largest absolute Gasteiger partial charge is 0.478 e. The van der Waals surface area contributed by atoms with Gasteiger partial charge in [0.2, 0.25) is 0 Å². The molecule has 0 amide bonds. The van der Waals surface area contributed by atoms with Crippen LogP contribution in [0.15, 0.2) is 18.2 Å². The molecule has 1 atom stereocenters. The minimum Gasteiger partial charge on any atom is -0.478 e. The summed E-state index contributed by atoms with van der Waals surface area (Å²) in [6.45, 7) is 1.81. The molecule has 1 aliphatic rings. The highest BCUT2D eigenvalue weighted by Gasteiger charge is 2.36. The maximum absolute atomic E-state index is 13.0. The van der Waals surface area contributed by atoms with Crippen LogP contribution < -0.4 is 4.90 Å². The molecule has 1 heterocycles. The Kier molecular flexibility index (Phi) is 4.41. The first-order valence-electron chi connectivity index (χ1n) is 6.51. The van der Waals surface area contributed by atoms with E-state index in [2.05, 4.69) is 0 Å². The lowest BCUT2D eigenvalue weighted by Gasteiger charge is -2.21. The van der Waals surface area contributed by atoms with E-state index in [0.29, 0.717) is 25.4 Å². The lowest BCUT2D eigenvalue weighted by Crippen LogP contribution is -2.22. The van der Waals surface area contributed by atoms with Crippen LogP contribution in [0.3, 0.4) is 0 Å². The van der Waals surface area contributed by atoms with Gasteiger partial charge < -0.3 is 14.7 Å². The number of rotatable bonds is 4. The van der Waals surface area contributed by atoms with Crippen LogP contribution in [0, 0.1) is 5.92 Å². The summed E-state index contributed by atoms with van der Waals surface area (Å²) in [5, 5.41) is 8.87. The minimum atomic E-state index is -4.69. The number of aromatic carboxylic acids is 1. The Morgan fingerprint density at radius 2 is 2.19 bits per heavy atom. The molecule has 1 aliphatic heterocycles. The van der Waals surface area contributed by atoms with Crippen molar-refractivity contribution in [3.05, 3.63) is 29.3 Å². The number of hydrogen-bond acceptors (Lipinski definition) is 3. The highest BCUT2D eigenvalue weighted by Crippen LogP contribution is 2.35. The number of ether oxygens (including phenoxy) is 1. The van der Waals surface area contributed by atoms with Crippen molar-refractivity contribution in [2.45, 2.75) is 12.6 Å². The summed E-state index contributed by atoms with van der Waals surface area (Å²) in [5.74, 6) is -1.30. The predicted octanol–water partition coefficient (Wildman–Crippen LogP) is 2.88. The second kappa shape index (κ2) is 5.93. The molecule has 1 saturated heterocycles. The number of alkyl halides is 3. The quantitative estimate of drug-likeness (QED) is 0.929. The van der Waals surface area contributed by atoms with E-state index in [9.17, 15) is 18.0 Å². The number of halogens is 3. The van der Waals surface area contributed by atoms with Crippen LogP contribution in [0.2, 0.25) is 0 Å². The van der Waals surface area contributed by atoms with Gasteiger partial charge >= 0.3 is 12.1 Å². The number of nitrogens with zero attached hydrogens (tertiary/aromatic N) is 1. The Morgan fingerprint density at radius 1 is 1.48 bits per heavy atom. The summed E-state index contributed by atoms with van der Waals surface area (Å²) in [4.78, 5) is 12.7. The molecule has 2 rings (SSSR count). The Labute approximate surface area is 120 Å². The molecule has 1 fully saturated rings. The smallest absolute Gasteiger partial charge is 0.417 e. The Hall–Kier alpha value is -1.76. The van der Waals surface area contributed by atoms with E-state index in [1.165, 1.54) is 6.07 Å². The summed E-state index contributed by atoms with van der Waals surface area (Å²) in [5.41, 5.74) is -1.44. The van der Waals surface area contributed by atoms with Gasteiger partial charge in [-0.15, -0.1) is 0 Å². The molecule has 0 bridgehead atoms. The maximum atomic E-state index is 13.0. The van der Waals surface area contributed by atoms with Crippen molar-refractivity contribution in [2.75, 3.05) is 31.7 Å². The zero-order valence-corrected chi connectivity index (χ0v) is 11.5. The van der Waals surface area contributed by atoms with Crippen molar-refractivity contribution in [2.24, 2.45) is 5.92 Å². The SMILES string of the molecule is COCC1CCN(c2ccc(C(=O)O)c(C(F)(F)F)c2)C1. The van der Waals surface area contributed by atoms with Crippen LogP contribution in [0.25, 0.3) is 0 Å². The van der Waals surface area contributed by atoms with Gasteiger partial charge in [-0.1, -0.05) is 0 Å². The van der Waals surface area contributed by atoms with Crippen LogP contribution >= 0.6 is 0 Å². The summed E-state index contributed by atoms with van der Waals surface area (Å²) < 4.78 is 44.0. The molecule has 0 saturated carbocycles.